The van der Waals surface area contributed by atoms with E-state index >= 15 is 0 Å². The van der Waals surface area contributed by atoms with Gasteiger partial charge in [0.15, 0.2) is 11.6 Å². The first-order chi connectivity index (χ1) is 13.6. The summed E-state index contributed by atoms with van der Waals surface area (Å²) >= 11 is 0. The summed E-state index contributed by atoms with van der Waals surface area (Å²) < 4.78 is 0. The highest BCUT2D eigenvalue weighted by Gasteiger charge is 2.34. The standard InChI is InChI=1S/C26H24O2/c1-4-5-13-19-16(2)23-24(17(3)22(19)18-11-7-6-8-12-18)26(28)21-15-10-9-14-20(21)25(23)27/h6-12,14-15H,4-5,13H2,1-3H3. The predicted molar refractivity (Wildman–Crippen MR) is 113 cm³/mol. The van der Waals surface area contributed by atoms with E-state index in [1.165, 1.54) is 5.56 Å². The van der Waals surface area contributed by atoms with Crippen LogP contribution in [0.1, 0.15) is 68.3 Å². The molecule has 0 bridgehead atoms. The molecule has 0 heterocycles. The summed E-state index contributed by atoms with van der Waals surface area (Å²) in [5.41, 5.74) is 7.53. The van der Waals surface area contributed by atoms with Gasteiger partial charge < -0.3 is 0 Å². The maximum absolute atomic E-state index is 13.4. The molecule has 4 rings (SSSR count). The zero-order chi connectivity index (χ0) is 19.8. The van der Waals surface area contributed by atoms with Crippen LogP contribution in [0.5, 0.6) is 0 Å². The second kappa shape index (κ2) is 7.20. The van der Waals surface area contributed by atoms with Crippen LogP contribution in [0.4, 0.5) is 0 Å². The van der Waals surface area contributed by atoms with Gasteiger partial charge in [0.25, 0.3) is 0 Å². The molecule has 2 nitrogen and oxygen atoms in total. The van der Waals surface area contributed by atoms with E-state index in [-0.39, 0.29) is 11.6 Å². The van der Waals surface area contributed by atoms with Crippen molar-refractivity contribution in [1.82, 2.24) is 0 Å². The Labute approximate surface area is 166 Å². The molecule has 0 aliphatic heterocycles. The van der Waals surface area contributed by atoms with Gasteiger partial charge in [0.1, 0.15) is 0 Å². The Balaban J connectivity index is 2.07. The fourth-order valence-corrected chi connectivity index (χ4v) is 4.44. The molecule has 1 aliphatic carbocycles. The van der Waals surface area contributed by atoms with Crippen molar-refractivity contribution in [3.63, 3.8) is 0 Å². The number of benzene rings is 3. The minimum Gasteiger partial charge on any atom is -0.289 e. The molecule has 0 unspecified atom stereocenters. The average molecular weight is 368 g/mol. The molecule has 0 fully saturated rings. The number of unbranched alkanes of at least 4 members (excludes halogenated alkanes) is 1. The summed E-state index contributed by atoms with van der Waals surface area (Å²) in [5, 5.41) is 0. The van der Waals surface area contributed by atoms with Crippen molar-refractivity contribution in [1.29, 1.82) is 0 Å². The summed E-state index contributed by atoms with van der Waals surface area (Å²) in [6.45, 7) is 6.18. The monoisotopic (exact) mass is 368 g/mol. The molecule has 140 valence electrons. The van der Waals surface area contributed by atoms with Crippen molar-refractivity contribution in [3.8, 4) is 11.1 Å². The number of ketones is 2. The fraction of sp³-hybridized carbons (Fsp3) is 0.231. The van der Waals surface area contributed by atoms with Crippen molar-refractivity contribution in [3.05, 3.63) is 93.5 Å². The lowest BCUT2D eigenvalue weighted by atomic mass is 9.75. The molecule has 0 aromatic heterocycles. The number of hydrogen-bond acceptors (Lipinski definition) is 2. The Hall–Kier alpha value is -3.00. The second-order valence-electron chi connectivity index (χ2n) is 7.53. The average Bonchev–Trinajstić information content (AvgIpc) is 2.72. The number of fused-ring (bicyclic) bond motifs is 2. The number of carbonyl (C=O) groups excluding carboxylic acids is 2. The van der Waals surface area contributed by atoms with E-state index in [9.17, 15) is 9.59 Å². The van der Waals surface area contributed by atoms with Gasteiger partial charge in [-0.25, -0.2) is 0 Å². The molecule has 3 aromatic carbocycles. The molecule has 1 aliphatic rings. The van der Waals surface area contributed by atoms with E-state index in [0.29, 0.717) is 22.3 Å². The van der Waals surface area contributed by atoms with E-state index in [1.807, 2.05) is 44.2 Å². The van der Waals surface area contributed by atoms with Crippen molar-refractivity contribution >= 4 is 11.6 Å². The lowest BCUT2D eigenvalue weighted by Crippen LogP contribution is -2.24. The number of hydrogen-bond donors (Lipinski definition) is 0. The highest BCUT2D eigenvalue weighted by Crippen LogP contribution is 2.40. The Morgan fingerprint density at radius 3 is 1.79 bits per heavy atom. The molecule has 0 atom stereocenters. The Morgan fingerprint density at radius 1 is 0.679 bits per heavy atom. The molecule has 28 heavy (non-hydrogen) atoms. The molecule has 0 spiro atoms. The van der Waals surface area contributed by atoms with Crippen LogP contribution in [0.15, 0.2) is 54.6 Å². The molecule has 0 radical (unpaired) electrons. The van der Waals surface area contributed by atoms with E-state index in [2.05, 4.69) is 19.1 Å². The summed E-state index contributed by atoms with van der Waals surface area (Å²) in [4.78, 5) is 26.7. The summed E-state index contributed by atoms with van der Waals surface area (Å²) in [6, 6.07) is 17.4. The van der Waals surface area contributed by atoms with E-state index in [1.54, 1.807) is 12.1 Å². The van der Waals surface area contributed by atoms with Crippen LogP contribution in [0, 0.1) is 13.8 Å². The fourth-order valence-electron chi connectivity index (χ4n) is 4.44. The molecular weight excluding hydrogens is 344 g/mol. The van der Waals surface area contributed by atoms with Crippen LogP contribution < -0.4 is 0 Å². The van der Waals surface area contributed by atoms with Crippen molar-refractivity contribution < 1.29 is 9.59 Å². The third kappa shape index (κ3) is 2.72. The van der Waals surface area contributed by atoms with Gasteiger partial charge in [0.05, 0.1) is 0 Å². The molecule has 0 N–H and O–H groups in total. The van der Waals surface area contributed by atoms with Gasteiger partial charge in [-0.05, 0) is 54.5 Å². The van der Waals surface area contributed by atoms with Gasteiger partial charge in [0, 0.05) is 22.3 Å². The molecule has 0 saturated carbocycles. The minimum absolute atomic E-state index is 0.0249. The van der Waals surface area contributed by atoms with Crippen LogP contribution >= 0.6 is 0 Å². The van der Waals surface area contributed by atoms with Gasteiger partial charge in [-0.2, -0.15) is 0 Å². The van der Waals surface area contributed by atoms with Crippen molar-refractivity contribution in [2.75, 3.05) is 0 Å². The van der Waals surface area contributed by atoms with Crippen LogP contribution in [0.25, 0.3) is 11.1 Å². The normalized spacial score (nSPS) is 12.7. The smallest absolute Gasteiger partial charge is 0.194 e. The lowest BCUT2D eigenvalue weighted by molar-refractivity contribution is 0.0978. The zero-order valence-corrected chi connectivity index (χ0v) is 16.6. The largest absolute Gasteiger partial charge is 0.289 e. The number of rotatable bonds is 4. The molecular formula is C26H24O2. The van der Waals surface area contributed by atoms with Crippen LogP contribution in [-0.2, 0) is 6.42 Å². The topological polar surface area (TPSA) is 34.1 Å². The SMILES string of the molecule is CCCCc1c(C)c2c(c(C)c1-c1ccccc1)C(=O)c1ccccc1C2=O. The lowest BCUT2D eigenvalue weighted by Gasteiger charge is -2.26. The summed E-state index contributed by atoms with van der Waals surface area (Å²) in [5.74, 6) is -0.0619. The molecule has 0 saturated heterocycles. The third-order valence-electron chi connectivity index (χ3n) is 5.84. The Morgan fingerprint density at radius 2 is 1.21 bits per heavy atom. The maximum Gasteiger partial charge on any atom is 0.194 e. The molecule has 0 amide bonds. The maximum atomic E-state index is 13.4. The summed E-state index contributed by atoms with van der Waals surface area (Å²) in [6.07, 6.45) is 3.04. The zero-order valence-electron chi connectivity index (χ0n) is 16.6. The molecule has 2 heteroatoms. The first-order valence-corrected chi connectivity index (χ1v) is 9.96. The minimum atomic E-state index is -0.0370. The third-order valence-corrected chi connectivity index (χ3v) is 5.84. The Kier molecular flexibility index (Phi) is 4.72. The first-order valence-electron chi connectivity index (χ1n) is 9.96. The van der Waals surface area contributed by atoms with E-state index < -0.39 is 0 Å². The van der Waals surface area contributed by atoms with Crippen molar-refractivity contribution in [2.45, 2.75) is 40.0 Å². The van der Waals surface area contributed by atoms with E-state index in [4.69, 9.17) is 0 Å². The van der Waals surface area contributed by atoms with Gasteiger partial charge >= 0.3 is 0 Å². The highest BCUT2D eigenvalue weighted by atomic mass is 16.1. The number of carbonyl (C=O) groups is 2. The second-order valence-corrected chi connectivity index (χ2v) is 7.53. The quantitative estimate of drug-likeness (QED) is 0.437. The Bertz CT molecular complexity index is 1090. The van der Waals surface area contributed by atoms with Crippen LogP contribution in [0.3, 0.4) is 0 Å². The van der Waals surface area contributed by atoms with Gasteiger partial charge in [0.2, 0.25) is 0 Å². The van der Waals surface area contributed by atoms with Gasteiger partial charge in [-0.1, -0.05) is 67.9 Å². The summed E-state index contributed by atoms with van der Waals surface area (Å²) in [7, 11) is 0. The van der Waals surface area contributed by atoms with Gasteiger partial charge in [-0.3, -0.25) is 9.59 Å². The first kappa shape index (κ1) is 18.4. The van der Waals surface area contributed by atoms with Crippen LogP contribution in [-0.4, -0.2) is 11.6 Å². The van der Waals surface area contributed by atoms with Gasteiger partial charge in [-0.15, -0.1) is 0 Å². The van der Waals surface area contributed by atoms with Crippen molar-refractivity contribution in [2.24, 2.45) is 0 Å². The molecule has 3 aromatic rings. The van der Waals surface area contributed by atoms with Crippen LogP contribution in [0.2, 0.25) is 0 Å². The predicted octanol–water partition coefficient (Wildman–Crippen LogP) is 6.09. The van der Waals surface area contributed by atoms with E-state index in [0.717, 1.165) is 41.5 Å². The highest BCUT2D eigenvalue weighted by molar-refractivity contribution is 6.30.